The first-order valence-electron chi connectivity index (χ1n) is 8.53. The molecule has 1 heterocycles. The molecule has 0 unspecified atom stereocenters. The minimum atomic E-state index is 0.0321. The fourth-order valence-electron chi connectivity index (χ4n) is 2.74. The molecule has 0 aliphatic carbocycles. The van der Waals surface area contributed by atoms with E-state index in [-0.39, 0.29) is 5.91 Å². The van der Waals surface area contributed by atoms with Gasteiger partial charge in [-0.1, -0.05) is 35.9 Å². The molecule has 1 saturated heterocycles. The molecule has 0 spiro atoms. The predicted octanol–water partition coefficient (Wildman–Crippen LogP) is 1.93. The van der Waals surface area contributed by atoms with E-state index in [4.69, 9.17) is 0 Å². The summed E-state index contributed by atoms with van der Waals surface area (Å²) in [6.45, 7) is 8.12. The average Bonchev–Trinajstić information content (AvgIpc) is 2.56. The molecule has 1 aromatic carbocycles. The van der Waals surface area contributed by atoms with Gasteiger partial charge in [-0.2, -0.15) is 0 Å². The van der Waals surface area contributed by atoms with Gasteiger partial charge in [0, 0.05) is 45.3 Å². The summed E-state index contributed by atoms with van der Waals surface area (Å²) in [5.74, 6) is 0.0321. The van der Waals surface area contributed by atoms with Crippen LogP contribution in [0.15, 0.2) is 42.0 Å². The van der Waals surface area contributed by atoms with Crippen molar-refractivity contribution in [2.75, 3.05) is 46.3 Å². The molecule has 1 N–H and O–H groups in total. The van der Waals surface area contributed by atoms with Crippen molar-refractivity contribution in [3.63, 3.8) is 0 Å². The quantitative estimate of drug-likeness (QED) is 0.781. The largest absolute Gasteiger partial charge is 0.351 e. The Balaban J connectivity index is 1.63. The first-order chi connectivity index (χ1) is 11.1. The van der Waals surface area contributed by atoms with Crippen LogP contribution in [0, 0.1) is 0 Å². The number of hydrogen-bond acceptors (Lipinski definition) is 3. The highest BCUT2D eigenvalue weighted by atomic mass is 16.1. The fraction of sp³-hybridized carbons (Fsp3) is 0.526. The Hall–Kier alpha value is -1.65. The van der Waals surface area contributed by atoms with Gasteiger partial charge in [0.2, 0.25) is 5.91 Å². The molecule has 4 heteroatoms. The van der Waals surface area contributed by atoms with E-state index in [1.165, 1.54) is 5.56 Å². The van der Waals surface area contributed by atoms with Gasteiger partial charge in [0.05, 0.1) is 0 Å². The van der Waals surface area contributed by atoms with Crippen molar-refractivity contribution in [2.24, 2.45) is 0 Å². The number of carbonyl (C=O) groups is 1. The number of aryl methyl sites for hydroxylation is 1. The third-order valence-corrected chi connectivity index (χ3v) is 4.35. The van der Waals surface area contributed by atoms with E-state index in [0.717, 1.165) is 57.7 Å². The van der Waals surface area contributed by atoms with Crippen LogP contribution >= 0.6 is 0 Å². The molecule has 1 aliphatic rings. The monoisotopic (exact) mass is 315 g/mol. The number of amides is 1. The first kappa shape index (κ1) is 17.7. The molecule has 0 saturated carbocycles. The second-order valence-electron chi connectivity index (χ2n) is 6.41. The minimum absolute atomic E-state index is 0.0321. The summed E-state index contributed by atoms with van der Waals surface area (Å²) >= 11 is 0. The standard InChI is InChI=1S/C19H29N3O/c1-17(8-9-18-6-4-3-5-7-18)16-19(23)20-10-11-22-14-12-21(2)13-15-22/h3-7,16H,8-15H2,1-2H3,(H,20,23)/b17-16-. The molecule has 0 radical (unpaired) electrons. The minimum Gasteiger partial charge on any atom is -0.351 e. The molecule has 4 nitrogen and oxygen atoms in total. The van der Waals surface area contributed by atoms with Gasteiger partial charge in [-0.15, -0.1) is 0 Å². The van der Waals surface area contributed by atoms with Gasteiger partial charge in [0.15, 0.2) is 0 Å². The molecule has 1 fully saturated rings. The molecular weight excluding hydrogens is 286 g/mol. The van der Waals surface area contributed by atoms with E-state index in [9.17, 15) is 4.79 Å². The van der Waals surface area contributed by atoms with Crippen molar-refractivity contribution in [2.45, 2.75) is 19.8 Å². The number of rotatable bonds is 7. The Morgan fingerprint density at radius 3 is 2.57 bits per heavy atom. The topological polar surface area (TPSA) is 35.6 Å². The van der Waals surface area contributed by atoms with Gasteiger partial charge < -0.3 is 10.2 Å². The zero-order chi connectivity index (χ0) is 16.5. The van der Waals surface area contributed by atoms with Gasteiger partial charge in [-0.25, -0.2) is 0 Å². The lowest BCUT2D eigenvalue weighted by Crippen LogP contribution is -2.46. The Bertz CT molecular complexity index is 505. The van der Waals surface area contributed by atoms with Gasteiger partial charge >= 0.3 is 0 Å². The van der Waals surface area contributed by atoms with Crippen LogP contribution in [0.1, 0.15) is 18.9 Å². The molecule has 1 aromatic rings. The number of nitrogens with zero attached hydrogens (tertiary/aromatic N) is 2. The Morgan fingerprint density at radius 2 is 1.87 bits per heavy atom. The molecule has 126 valence electrons. The third kappa shape index (κ3) is 6.97. The summed E-state index contributed by atoms with van der Waals surface area (Å²) in [4.78, 5) is 16.7. The van der Waals surface area contributed by atoms with E-state index in [0.29, 0.717) is 0 Å². The van der Waals surface area contributed by atoms with E-state index in [2.05, 4.69) is 46.4 Å². The van der Waals surface area contributed by atoms with Crippen molar-refractivity contribution >= 4 is 5.91 Å². The van der Waals surface area contributed by atoms with Crippen LogP contribution in [0.25, 0.3) is 0 Å². The lowest BCUT2D eigenvalue weighted by atomic mass is 10.1. The first-order valence-corrected chi connectivity index (χ1v) is 8.53. The number of hydrogen-bond donors (Lipinski definition) is 1. The Morgan fingerprint density at radius 1 is 1.17 bits per heavy atom. The van der Waals surface area contributed by atoms with Crippen LogP contribution in [0.2, 0.25) is 0 Å². The second-order valence-corrected chi connectivity index (χ2v) is 6.41. The zero-order valence-electron chi connectivity index (χ0n) is 14.4. The highest BCUT2D eigenvalue weighted by Crippen LogP contribution is 2.08. The smallest absolute Gasteiger partial charge is 0.243 e. The lowest BCUT2D eigenvalue weighted by molar-refractivity contribution is -0.116. The zero-order valence-corrected chi connectivity index (χ0v) is 14.4. The summed E-state index contributed by atoms with van der Waals surface area (Å²) in [5, 5.41) is 3.00. The average molecular weight is 315 g/mol. The summed E-state index contributed by atoms with van der Waals surface area (Å²) in [6, 6.07) is 10.4. The lowest BCUT2D eigenvalue weighted by Gasteiger charge is -2.32. The second kappa shape index (κ2) is 9.48. The summed E-state index contributed by atoms with van der Waals surface area (Å²) in [5.41, 5.74) is 2.45. The van der Waals surface area contributed by atoms with Gasteiger partial charge in [0.1, 0.15) is 0 Å². The van der Waals surface area contributed by atoms with Crippen molar-refractivity contribution in [1.29, 1.82) is 0 Å². The van der Waals surface area contributed by atoms with Crippen LogP contribution in [-0.2, 0) is 11.2 Å². The fourth-order valence-corrected chi connectivity index (χ4v) is 2.74. The summed E-state index contributed by atoms with van der Waals surface area (Å²) < 4.78 is 0. The molecule has 1 aliphatic heterocycles. The van der Waals surface area contributed by atoms with Crippen molar-refractivity contribution in [1.82, 2.24) is 15.1 Å². The predicted molar refractivity (Wildman–Crippen MR) is 95.5 cm³/mol. The Labute approximate surface area is 140 Å². The maximum Gasteiger partial charge on any atom is 0.243 e. The molecule has 0 bridgehead atoms. The van der Waals surface area contributed by atoms with Crippen LogP contribution in [0.5, 0.6) is 0 Å². The van der Waals surface area contributed by atoms with Gasteiger partial charge in [0.25, 0.3) is 0 Å². The van der Waals surface area contributed by atoms with E-state index in [1.807, 2.05) is 13.0 Å². The number of likely N-dealkylation sites (N-methyl/N-ethyl adjacent to an activating group) is 1. The number of nitrogens with one attached hydrogen (secondary N) is 1. The SMILES string of the molecule is C/C(=C/C(=O)NCCN1CCN(C)CC1)CCc1ccccc1. The maximum absolute atomic E-state index is 11.9. The van der Waals surface area contributed by atoms with Crippen LogP contribution in [0.4, 0.5) is 0 Å². The molecule has 1 amide bonds. The third-order valence-electron chi connectivity index (χ3n) is 4.35. The highest BCUT2D eigenvalue weighted by molar-refractivity contribution is 5.88. The molecule has 0 aromatic heterocycles. The van der Waals surface area contributed by atoms with Crippen molar-refractivity contribution in [3.8, 4) is 0 Å². The van der Waals surface area contributed by atoms with E-state index >= 15 is 0 Å². The number of allylic oxidation sites excluding steroid dienone is 1. The summed E-state index contributed by atoms with van der Waals surface area (Å²) in [6.07, 6.45) is 3.65. The van der Waals surface area contributed by atoms with Crippen LogP contribution < -0.4 is 5.32 Å². The Kier molecular flexibility index (Phi) is 7.30. The molecule has 2 rings (SSSR count). The summed E-state index contributed by atoms with van der Waals surface area (Å²) in [7, 11) is 2.15. The number of piperazine rings is 1. The van der Waals surface area contributed by atoms with Crippen LogP contribution in [0.3, 0.4) is 0 Å². The molecule has 0 atom stereocenters. The van der Waals surface area contributed by atoms with Crippen molar-refractivity contribution in [3.05, 3.63) is 47.5 Å². The molecular formula is C19H29N3O. The number of carbonyl (C=O) groups excluding carboxylic acids is 1. The normalized spacial score (nSPS) is 17.2. The van der Waals surface area contributed by atoms with Gasteiger partial charge in [-0.3, -0.25) is 9.69 Å². The van der Waals surface area contributed by atoms with E-state index in [1.54, 1.807) is 6.08 Å². The van der Waals surface area contributed by atoms with Crippen molar-refractivity contribution < 1.29 is 4.79 Å². The van der Waals surface area contributed by atoms with E-state index < -0.39 is 0 Å². The number of benzene rings is 1. The van der Waals surface area contributed by atoms with Crippen LogP contribution in [-0.4, -0.2) is 62.0 Å². The molecule has 23 heavy (non-hydrogen) atoms. The maximum atomic E-state index is 11.9. The highest BCUT2D eigenvalue weighted by Gasteiger charge is 2.12. The van der Waals surface area contributed by atoms with Gasteiger partial charge in [-0.05, 0) is 32.4 Å².